The first-order chi connectivity index (χ1) is 16.8. The fraction of sp³-hybridized carbons (Fsp3) is 0.250. The topological polar surface area (TPSA) is 74.6 Å². The number of nitrogens with zero attached hydrogens (tertiary/aromatic N) is 4. The van der Waals surface area contributed by atoms with Gasteiger partial charge in [0.05, 0.1) is 18.3 Å². The SMILES string of the molecule is Cc1ccc(-c2cc3c(=O)n(Cc4nc(-c5ccc(OC(C)C)cc5)oc4C)ccn3n2)cc1C. The van der Waals surface area contributed by atoms with Crippen molar-refractivity contribution in [1.82, 2.24) is 19.2 Å². The highest BCUT2D eigenvalue weighted by Crippen LogP contribution is 2.25. The minimum absolute atomic E-state index is 0.111. The first-order valence-corrected chi connectivity index (χ1v) is 11.7. The van der Waals surface area contributed by atoms with Crippen molar-refractivity contribution in [3.05, 3.63) is 93.9 Å². The summed E-state index contributed by atoms with van der Waals surface area (Å²) in [5.41, 5.74) is 6.13. The molecule has 5 rings (SSSR count). The maximum Gasteiger partial charge on any atom is 0.276 e. The number of ether oxygens (including phenoxy) is 1. The molecule has 0 N–H and O–H groups in total. The van der Waals surface area contributed by atoms with Crippen LogP contribution in [-0.4, -0.2) is 25.3 Å². The molecule has 5 aromatic rings. The molecule has 3 heterocycles. The molecule has 7 heteroatoms. The lowest BCUT2D eigenvalue weighted by Gasteiger charge is -2.09. The largest absolute Gasteiger partial charge is 0.491 e. The molecule has 2 aromatic carbocycles. The maximum atomic E-state index is 13.2. The summed E-state index contributed by atoms with van der Waals surface area (Å²) in [4.78, 5) is 17.9. The van der Waals surface area contributed by atoms with Crippen molar-refractivity contribution in [1.29, 1.82) is 0 Å². The Labute approximate surface area is 203 Å². The lowest BCUT2D eigenvalue weighted by Crippen LogP contribution is -2.22. The Hall–Kier alpha value is -4.13. The third-order valence-electron chi connectivity index (χ3n) is 6.09. The van der Waals surface area contributed by atoms with Crippen LogP contribution in [-0.2, 0) is 6.54 Å². The molecule has 0 unspecified atom stereocenters. The van der Waals surface area contributed by atoms with E-state index in [2.05, 4.69) is 36.1 Å². The van der Waals surface area contributed by atoms with E-state index in [0.29, 0.717) is 29.4 Å². The predicted molar refractivity (Wildman–Crippen MR) is 136 cm³/mol. The molecule has 35 heavy (non-hydrogen) atoms. The molecule has 0 aliphatic heterocycles. The van der Waals surface area contributed by atoms with Gasteiger partial charge >= 0.3 is 0 Å². The lowest BCUT2D eigenvalue weighted by molar-refractivity contribution is 0.242. The summed E-state index contributed by atoms with van der Waals surface area (Å²) in [5.74, 6) is 2.00. The highest BCUT2D eigenvalue weighted by Gasteiger charge is 2.15. The Morgan fingerprint density at radius 2 is 1.69 bits per heavy atom. The van der Waals surface area contributed by atoms with Crippen molar-refractivity contribution in [3.63, 3.8) is 0 Å². The van der Waals surface area contributed by atoms with Crippen molar-refractivity contribution in [2.45, 2.75) is 47.3 Å². The van der Waals surface area contributed by atoms with Crippen LogP contribution in [0.25, 0.3) is 28.2 Å². The second kappa shape index (κ2) is 8.91. The third kappa shape index (κ3) is 4.49. The summed E-state index contributed by atoms with van der Waals surface area (Å²) < 4.78 is 14.9. The lowest BCUT2D eigenvalue weighted by atomic mass is 10.0. The first kappa shape index (κ1) is 22.7. The van der Waals surface area contributed by atoms with Crippen LogP contribution in [0.1, 0.15) is 36.4 Å². The molecule has 0 aliphatic carbocycles. The zero-order valence-corrected chi connectivity index (χ0v) is 20.6. The van der Waals surface area contributed by atoms with Crippen molar-refractivity contribution in [2.75, 3.05) is 0 Å². The van der Waals surface area contributed by atoms with E-state index in [1.807, 2.05) is 57.2 Å². The molecule has 0 spiro atoms. The number of fused-ring (bicyclic) bond motifs is 1. The summed E-state index contributed by atoms with van der Waals surface area (Å²) in [6.45, 7) is 10.3. The zero-order valence-electron chi connectivity index (χ0n) is 20.6. The molecule has 0 amide bonds. The van der Waals surface area contributed by atoms with E-state index in [1.54, 1.807) is 21.5 Å². The fourth-order valence-corrected chi connectivity index (χ4v) is 4.00. The van der Waals surface area contributed by atoms with Gasteiger partial charge in [0.2, 0.25) is 5.89 Å². The van der Waals surface area contributed by atoms with E-state index in [0.717, 1.165) is 22.6 Å². The van der Waals surface area contributed by atoms with Gasteiger partial charge in [-0.1, -0.05) is 12.1 Å². The van der Waals surface area contributed by atoms with E-state index < -0.39 is 0 Å². The Kier molecular flexibility index (Phi) is 5.76. The number of oxazole rings is 1. The van der Waals surface area contributed by atoms with Crippen LogP contribution >= 0.6 is 0 Å². The number of hydrogen-bond donors (Lipinski definition) is 0. The van der Waals surface area contributed by atoms with Gasteiger partial charge in [0, 0.05) is 23.5 Å². The summed E-state index contributed by atoms with van der Waals surface area (Å²) >= 11 is 0. The van der Waals surface area contributed by atoms with Gasteiger partial charge in [-0.3, -0.25) is 4.79 Å². The average molecular weight is 469 g/mol. The van der Waals surface area contributed by atoms with Crippen molar-refractivity contribution in [3.8, 4) is 28.5 Å². The Morgan fingerprint density at radius 1 is 0.943 bits per heavy atom. The van der Waals surface area contributed by atoms with E-state index in [1.165, 1.54) is 11.1 Å². The van der Waals surface area contributed by atoms with Gasteiger partial charge in [0.15, 0.2) is 0 Å². The van der Waals surface area contributed by atoms with Gasteiger partial charge in [-0.2, -0.15) is 5.10 Å². The smallest absolute Gasteiger partial charge is 0.276 e. The molecule has 0 aliphatic rings. The highest BCUT2D eigenvalue weighted by molar-refractivity contribution is 5.66. The number of aryl methyl sites for hydroxylation is 3. The van der Waals surface area contributed by atoms with Gasteiger partial charge in [-0.25, -0.2) is 9.50 Å². The molecule has 0 saturated heterocycles. The second-order valence-corrected chi connectivity index (χ2v) is 9.10. The molecule has 178 valence electrons. The van der Waals surface area contributed by atoms with Crippen LogP contribution in [0, 0.1) is 20.8 Å². The first-order valence-electron chi connectivity index (χ1n) is 11.7. The minimum Gasteiger partial charge on any atom is -0.491 e. The summed E-state index contributed by atoms with van der Waals surface area (Å²) in [6.07, 6.45) is 3.64. The third-order valence-corrected chi connectivity index (χ3v) is 6.09. The molecule has 0 fully saturated rings. The van der Waals surface area contributed by atoms with E-state index in [9.17, 15) is 4.79 Å². The van der Waals surface area contributed by atoms with Crippen LogP contribution in [0.3, 0.4) is 0 Å². The van der Waals surface area contributed by atoms with Gasteiger partial charge in [0.1, 0.15) is 22.7 Å². The average Bonchev–Trinajstić information content (AvgIpc) is 3.42. The van der Waals surface area contributed by atoms with Crippen molar-refractivity contribution >= 4 is 5.52 Å². The van der Waals surface area contributed by atoms with Gasteiger partial charge in [0.25, 0.3) is 5.56 Å². The van der Waals surface area contributed by atoms with Crippen LogP contribution in [0.15, 0.2) is 70.1 Å². The van der Waals surface area contributed by atoms with Crippen LogP contribution in [0.4, 0.5) is 0 Å². The monoisotopic (exact) mass is 468 g/mol. The molecule has 7 nitrogen and oxygen atoms in total. The summed E-state index contributed by atoms with van der Waals surface area (Å²) in [5, 5.41) is 4.61. The summed E-state index contributed by atoms with van der Waals surface area (Å²) in [7, 11) is 0. The number of rotatable bonds is 6. The second-order valence-electron chi connectivity index (χ2n) is 9.10. The molecule has 0 radical (unpaired) electrons. The molecular weight excluding hydrogens is 440 g/mol. The quantitative estimate of drug-likeness (QED) is 0.325. The number of aromatic nitrogens is 4. The Bertz CT molecular complexity index is 1570. The Balaban J connectivity index is 1.42. The predicted octanol–water partition coefficient (Wildman–Crippen LogP) is 5.58. The molecular formula is C28H28N4O3. The van der Waals surface area contributed by atoms with Crippen LogP contribution in [0.2, 0.25) is 0 Å². The van der Waals surface area contributed by atoms with E-state index in [-0.39, 0.29) is 11.7 Å². The van der Waals surface area contributed by atoms with Crippen molar-refractivity contribution < 1.29 is 9.15 Å². The number of benzene rings is 2. The maximum absolute atomic E-state index is 13.2. The van der Waals surface area contributed by atoms with Crippen LogP contribution < -0.4 is 10.3 Å². The van der Waals surface area contributed by atoms with Gasteiger partial charge in [-0.15, -0.1) is 0 Å². The summed E-state index contributed by atoms with van der Waals surface area (Å²) in [6, 6.07) is 15.7. The zero-order chi connectivity index (χ0) is 24.7. The standard InChI is InChI=1S/C28H28N4O3/c1-17(2)34-23-10-8-21(9-11-23)27-29-25(20(5)35-27)16-31-12-13-32-26(28(31)33)15-24(30-32)22-7-6-18(3)19(4)14-22/h6-15,17H,16H2,1-5H3. The minimum atomic E-state index is -0.130. The van der Waals surface area contributed by atoms with Gasteiger partial charge in [-0.05, 0) is 82.1 Å². The molecule has 0 saturated carbocycles. The molecule has 0 bridgehead atoms. The van der Waals surface area contributed by atoms with E-state index >= 15 is 0 Å². The fourth-order valence-electron chi connectivity index (χ4n) is 4.00. The highest BCUT2D eigenvalue weighted by atomic mass is 16.5. The van der Waals surface area contributed by atoms with Gasteiger partial charge < -0.3 is 13.7 Å². The normalized spacial score (nSPS) is 11.5. The van der Waals surface area contributed by atoms with Crippen molar-refractivity contribution in [2.24, 2.45) is 0 Å². The Morgan fingerprint density at radius 3 is 2.40 bits per heavy atom. The van der Waals surface area contributed by atoms with Crippen LogP contribution in [0.5, 0.6) is 5.75 Å². The number of hydrogen-bond acceptors (Lipinski definition) is 5. The van der Waals surface area contributed by atoms with E-state index in [4.69, 9.17) is 9.15 Å². The molecule has 3 aromatic heterocycles. The molecule has 0 atom stereocenters.